The Labute approximate surface area is 94.7 Å². The van der Waals surface area contributed by atoms with Crippen molar-refractivity contribution < 1.29 is 9.21 Å². The lowest BCUT2D eigenvalue weighted by Crippen LogP contribution is -2.34. The van der Waals surface area contributed by atoms with Gasteiger partial charge in [-0.1, -0.05) is 0 Å². The largest absolute Gasteiger partial charge is 0.438 e. The molecule has 0 saturated heterocycles. The molecule has 0 fully saturated rings. The van der Waals surface area contributed by atoms with Crippen LogP contribution in [0.25, 0.3) is 0 Å². The Morgan fingerprint density at radius 1 is 1.75 bits per heavy atom. The molecule has 5 heteroatoms. The van der Waals surface area contributed by atoms with Crippen molar-refractivity contribution in [1.29, 1.82) is 5.26 Å². The molecule has 0 aromatic carbocycles. The van der Waals surface area contributed by atoms with E-state index in [1.165, 1.54) is 6.39 Å². The number of nitriles is 1. The zero-order valence-electron chi connectivity index (χ0n) is 9.73. The van der Waals surface area contributed by atoms with Gasteiger partial charge < -0.3 is 9.32 Å². The van der Waals surface area contributed by atoms with Crippen molar-refractivity contribution in [2.75, 3.05) is 13.1 Å². The summed E-state index contributed by atoms with van der Waals surface area (Å²) in [6.07, 6.45) is 1.25. The quantitative estimate of drug-likeness (QED) is 0.774. The Kier molecular flexibility index (Phi) is 4.06. The highest BCUT2D eigenvalue weighted by molar-refractivity contribution is 5.92. The van der Waals surface area contributed by atoms with Gasteiger partial charge in [-0.25, -0.2) is 4.98 Å². The van der Waals surface area contributed by atoms with Gasteiger partial charge in [-0.15, -0.1) is 0 Å². The van der Waals surface area contributed by atoms with Gasteiger partial charge in [-0.05, 0) is 20.8 Å². The first kappa shape index (κ1) is 12.2. The van der Waals surface area contributed by atoms with E-state index < -0.39 is 0 Å². The Bertz CT molecular complexity index is 406. The molecule has 5 nitrogen and oxygen atoms in total. The second-order valence-electron chi connectivity index (χ2n) is 3.64. The predicted octanol–water partition coefficient (Wildman–Crippen LogP) is 1.60. The van der Waals surface area contributed by atoms with Crippen LogP contribution >= 0.6 is 0 Å². The Morgan fingerprint density at radius 3 is 2.88 bits per heavy atom. The number of oxazole rings is 1. The summed E-state index contributed by atoms with van der Waals surface area (Å²) in [5.41, 5.74) is 0.577. The first-order valence-electron chi connectivity index (χ1n) is 5.19. The highest BCUT2D eigenvalue weighted by Gasteiger charge is 2.21. The van der Waals surface area contributed by atoms with E-state index in [2.05, 4.69) is 11.1 Å². The van der Waals surface area contributed by atoms with Gasteiger partial charge in [-0.3, -0.25) is 4.79 Å². The maximum absolute atomic E-state index is 12.0. The highest BCUT2D eigenvalue weighted by atomic mass is 16.3. The van der Waals surface area contributed by atoms with E-state index in [1.807, 2.05) is 6.92 Å². The van der Waals surface area contributed by atoms with E-state index in [0.29, 0.717) is 18.8 Å². The molecule has 16 heavy (non-hydrogen) atoms. The van der Waals surface area contributed by atoms with Crippen LogP contribution in [0.5, 0.6) is 0 Å². The van der Waals surface area contributed by atoms with Gasteiger partial charge in [0.05, 0.1) is 17.7 Å². The van der Waals surface area contributed by atoms with Gasteiger partial charge in [0.2, 0.25) is 5.76 Å². The monoisotopic (exact) mass is 221 g/mol. The summed E-state index contributed by atoms with van der Waals surface area (Å²) < 4.78 is 5.04. The van der Waals surface area contributed by atoms with E-state index >= 15 is 0 Å². The van der Waals surface area contributed by atoms with Crippen molar-refractivity contribution in [3.8, 4) is 6.07 Å². The lowest BCUT2D eigenvalue weighted by molar-refractivity contribution is 0.0719. The van der Waals surface area contributed by atoms with Crippen molar-refractivity contribution >= 4 is 5.91 Å². The average molecular weight is 221 g/mol. The van der Waals surface area contributed by atoms with Crippen molar-refractivity contribution in [1.82, 2.24) is 9.88 Å². The maximum Gasteiger partial charge on any atom is 0.291 e. The first-order chi connectivity index (χ1) is 7.60. The smallest absolute Gasteiger partial charge is 0.291 e. The number of hydrogen-bond acceptors (Lipinski definition) is 4. The molecule has 0 spiro atoms. The second-order valence-corrected chi connectivity index (χ2v) is 3.64. The standard InChI is InChI=1S/C11H15N3O2/c1-4-14(6-8(2)5-12)11(15)10-9(3)13-7-16-10/h7-8H,4,6H2,1-3H3. The first-order valence-corrected chi connectivity index (χ1v) is 5.19. The third-order valence-corrected chi connectivity index (χ3v) is 2.32. The van der Waals surface area contributed by atoms with Crippen LogP contribution in [0.3, 0.4) is 0 Å². The van der Waals surface area contributed by atoms with E-state index in [-0.39, 0.29) is 17.6 Å². The highest BCUT2D eigenvalue weighted by Crippen LogP contribution is 2.10. The Hall–Kier alpha value is -1.83. The summed E-state index contributed by atoms with van der Waals surface area (Å²) in [5, 5.41) is 8.72. The SMILES string of the molecule is CCN(CC(C)C#N)C(=O)c1ocnc1C. The van der Waals surface area contributed by atoms with E-state index in [4.69, 9.17) is 9.68 Å². The third kappa shape index (κ3) is 2.60. The number of carbonyl (C=O) groups is 1. The minimum absolute atomic E-state index is 0.188. The lowest BCUT2D eigenvalue weighted by atomic mass is 10.2. The molecule has 0 bridgehead atoms. The van der Waals surface area contributed by atoms with Crippen molar-refractivity contribution in [3.63, 3.8) is 0 Å². The molecule has 1 aromatic heterocycles. The van der Waals surface area contributed by atoms with Crippen molar-refractivity contribution in [3.05, 3.63) is 17.8 Å². The molecule has 0 aliphatic heterocycles. The minimum Gasteiger partial charge on any atom is -0.438 e. The van der Waals surface area contributed by atoms with Gasteiger partial charge >= 0.3 is 0 Å². The maximum atomic E-state index is 12.0. The normalized spacial score (nSPS) is 11.9. The molecule has 1 atom stereocenters. The number of aromatic nitrogens is 1. The summed E-state index contributed by atoms with van der Waals surface area (Å²) in [6.45, 7) is 6.33. The van der Waals surface area contributed by atoms with Gasteiger partial charge in [0.1, 0.15) is 0 Å². The fourth-order valence-corrected chi connectivity index (χ4v) is 1.38. The van der Waals surface area contributed by atoms with E-state index in [1.54, 1.807) is 18.7 Å². The number of amides is 1. The summed E-state index contributed by atoms with van der Waals surface area (Å²) >= 11 is 0. The minimum atomic E-state index is -0.209. The van der Waals surface area contributed by atoms with Crippen LogP contribution in [0.4, 0.5) is 0 Å². The predicted molar refractivity (Wildman–Crippen MR) is 57.6 cm³/mol. The Balaban J connectivity index is 2.79. The average Bonchev–Trinajstić information content (AvgIpc) is 2.71. The van der Waals surface area contributed by atoms with Crippen molar-refractivity contribution in [2.24, 2.45) is 5.92 Å². The van der Waals surface area contributed by atoms with Crippen LogP contribution in [-0.2, 0) is 0 Å². The van der Waals surface area contributed by atoms with Crippen LogP contribution in [-0.4, -0.2) is 28.9 Å². The number of carbonyl (C=O) groups excluding carboxylic acids is 1. The van der Waals surface area contributed by atoms with Crippen LogP contribution in [0.15, 0.2) is 10.8 Å². The molecule has 1 heterocycles. The van der Waals surface area contributed by atoms with Gasteiger partial charge in [0.25, 0.3) is 5.91 Å². The van der Waals surface area contributed by atoms with Crippen LogP contribution in [0.1, 0.15) is 30.1 Å². The molecule has 1 rings (SSSR count). The Morgan fingerprint density at radius 2 is 2.44 bits per heavy atom. The van der Waals surface area contributed by atoms with Gasteiger partial charge in [-0.2, -0.15) is 5.26 Å². The fourth-order valence-electron chi connectivity index (χ4n) is 1.38. The molecule has 86 valence electrons. The summed E-state index contributed by atoms with van der Waals surface area (Å²) in [4.78, 5) is 17.5. The number of rotatable bonds is 4. The molecule has 1 aromatic rings. The molecule has 0 radical (unpaired) electrons. The molecule has 0 saturated carbocycles. The molecule has 0 aliphatic rings. The molecular formula is C11H15N3O2. The van der Waals surface area contributed by atoms with E-state index in [0.717, 1.165) is 0 Å². The van der Waals surface area contributed by atoms with Gasteiger partial charge in [0.15, 0.2) is 6.39 Å². The van der Waals surface area contributed by atoms with Crippen LogP contribution in [0, 0.1) is 24.2 Å². The number of aryl methyl sites for hydroxylation is 1. The van der Waals surface area contributed by atoms with E-state index in [9.17, 15) is 4.79 Å². The molecule has 0 aliphatic carbocycles. The summed E-state index contributed by atoms with van der Waals surface area (Å²) in [7, 11) is 0. The topological polar surface area (TPSA) is 70.1 Å². The number of hydrogen-bond donors (Lipinski definition) is 0. The lowest BCUT2D eigenvalue weighted by Gasteiger charge is -2.20. The third-order valence-electron chi connectivity index (χ3n) is 2.32. The fraction of sp³-hybridized carbons (Fsp3) is 0.545. The number of nitrogens with zero attached hydrogens (tertiary/aromatic N) is 3. The van der Waals surface area contributed by atoms with Crippen LogP contribution in [0.2, 0.25) is 0 Å². The zero-order chi connectivity index (χ0) is 12.1. The zero-order valence-corrected chi connectivity index (χ0v) is 9.73. The molecular weight excluding hydrogens is 206 g/mol. The molecule has 1 amide bonds. The summed E-state index contributed by atoms with van der Waals surface area (Å²) in [6, 6.07) is 2.10. The second kappa shape index (κ2) is 5.31. The summed E-state index contributed by atoms with van der Waals surface area (Å²) in [5.74, 6) is -0.140. The molecule has 0 N–H and O–H groups in total. The van der Waals surface area contributed by atoms with Crippen LogP contribution < -0.4 is 0 Å². The molecule has 1 unspecified atom stereocenters. The van der Waals surface area contributed by atoms with Crippen molar-refractivity contribution in [2.45, 2.75) is 20.8 Å². The van der Waals surface area contributed by atoms with Gasteiger partial charge in [0, 0.05) is 13.1 Å².